The molecule has 1 heterocycles. The molecule has 0 unspecified atom stereocenters. The summed E-state index contributed by atoms with van der Waals surface area (Å²) in [5.74, 6) is 1.06. The van der Waals surface area contributed by atoms with E-state index in [-0.39, 0.29) is 28.8 Å². The number of amides is 2. The molecule has 5 aromatic carbocycles. The smallest absolute Gasteiger partial charge is 0.266 e. The summed E-state index contributed by atoms with van der Waals surface area (Å²) in [5, 5.41) is 0. The molecule has 0 N–H and O–H groups in total. The van der Waals surface area contributed by atoms with Crippen molar-refractivity contribution in [3.63, 3.8) is 0 Å². The largest absolute Gasteiger partial charge is 0.457 e. The van der Waals surface area contributed by atoms with E-state index in [2.05, 4.69) is 13.8 Å². The van der Waals surface area contributed by atoms with Crippen LogP contribution in [0.2, 0.25) is 0 Å². The van der Waals surface area contributed by atoms with Gasteiger partial charge >= 0.3 is 0 Å². The van der Waals surface area contributed by atoms with Crippen molar-refractivity contribution < 1.29 is 28.7 Å². The zero-order valence-electron chi connectivity index (χ0n) is 26.8. The first-order valence-corrected chi connectivity index (χ1v) is 15.2. The van der Waals surface area contributed by atoms with Crippen molar-refractivity contribution in [3.05, 3.63) is 148 Å². The van der Waals surface area contributed by atoms with E-state index in [0.29, 0.717) is 50.9 Å². The minimum absolute atomic E-state index is 0.170. The van der Waals surface area contributed by atoms with Crippen molar-refractivity contribution in [2.24, 2.45) is 0 Å². The maximum absolute atomic E-state index is 13.2. The van der Waals surface area contributed by atoms with E-state index in [1.54, 1.807) is 42.5 Å². The molecule has 0 saturated carbocycles. The lowest BCUT2D eigenvalue weighted by Gasteiger charge is -2.26. The predicted molar refractivity (Wildman–Crippen MR) is 180 cm³/mol. The molecule has 0 aliphatic carbocycles. The second kappa shape index (κ2) is 12.2. The molecule has 1 aliphatic heterocycles. The Morgan fingerprint density at radius 2 is 1.09 bits per heavy atom. The van der Waals surface area contributed by atoms with Gasteiger partial charge in [-0.2, -0.15) is 0 Å². The first-order chi connectivity index (χ1) is 22.4. The highest BCUT2D eigenvalue weighted by Crippen LogP contribution is 2.36. The van der Waals surface area contributed by atoms with Gasteiger partial charge in [0.15, 0.2) is 11.6 Å². The molecule has 0 aromatic heterocycles. The number of aryl methyl sites for hydroxylation is 1. The second-order valence-electron chi connectivity index (χ2n) is 12.2. The number of Topliss-reactive ketones (excluding diaryl/α,β-unsaturated/α-hetero) is 2. The van der Waals surface area contributed by atoms with Gasteiger partial charge in [0, 0.05) is 16.5 Å². The maximum Gasteiger partial charge on any atom is 0.266 e. The van der Waals surface area contributed by atoms with Crippen molar-refractivity contribution in [1.29, 1.82) is 0 Å². The molecule has 6 rings (SSSR count). The Kier molecular flexibility index (Phi) is 8.07. The molecule has 0 saturated heterocycles. The summed E-state index contributed by atoms with van der Waals surface area (Å²) in [7, 11) is 0. The summed E-state index contributed by atoms with van der Waals surface area (Å²) in [6.07, 6.45) is 0. The number of carbonyl (C=O) groups is 4. The van der Waals surface area contributed by atoms with Crippen LogP contribution in [0.4, 0.5) is 5.69 Å². The fourth-order valence-corrected chi connectivity index (χ4v) is 5.79. The standard InChI is InChI=1S/C40H33NO6/c1-24-7-6-8-29(21-24)41-38(44)35-20-18-33(23-37(35)39(41)45)47-31-15-11-28(12-16-31)40(4,5)27-9-13-30(14-10-27)46-32-17-19-34(25(2)42)36(22-32)26(3)43/h6-23H,1-5H3. The highest BCUT2D eigenvalue weighted by atomic mass is 16.5. The van der Waals surface area contributed by atoms with Crippen LogP contribution in [0.5, 0.6) is 23.0 Å². The van der Waals surface area contributed by atoms with Crippen LogP contribution in [0.25, 0.3) is 0 Å². The van der Waals surface area contributed by atoms with Crippen molar-refractivity contribution in [2.45, 2.75) is 40.0 Å². The summed E-state index contributed by atoms with van der Waals surface area (Å²) in [4.78, 5) is 51.4. The van der Waals surface area contributed by atoms with E-state index in [9.17, 15) is 19.2 Å². The number of benzene rings is 5. The van der Waals surface area contributed by atoms with E-state index < -0.39 is 0 Å². The quantitative estimate of drug-likeness (QED) is 0.120. The molecule has 234 valence electrons. The number of nitrogens with zero attached hydrogens (tertiary/aromatic N) is 1. The van der Waals surface area contributed by atoms with Gasteiger partial charge in [-0.25, -0.2) is 4.90 Å². The van der Waals surface area contributed by atoms with Gasteiger partial charge in [0.1, 0.15) is 23.0 Å². The maximum atomic E-state index is 13.2. The molecule has 0 bridgehead atoms. The summed E-state index contributed by atoms with van der Waals surface area (Å²) in [6, 6.07) is 32.7. The van der Waals surface area contributed by atoms with Gasteiger partial charge in [-0.1, -0.05) is 50.2 Å². The third-order valence-electron chi connectivity index (χ3n) is 8.49. The summed E-state index contributed by atoms with van der Waals surface area (Å²) in [6.45, 7) is 9.03. The Hall–Kier alpha value is -5.82. The number of hydrogen-bond acceptors (Lipinski definition) is 6. The minimum Gasteiger partial charge on any atom is -0.457 e. The lowest BCUT2D eigenvalue weighted by Crippen LogP contribution is -2.29. The summed E-state index contributed by atoms with van der Waals surface area (Å²) >= 11 is 0. The molecule has 0 spiro atoms. The Morgan fingerprint density at radius 3 is 1.64 bits per heavy atom. The SMILES string of the molecule is CC(=O)c1ccc(Oc2ccc(C(C)(C)c3ccc(Oc4ccc5c(c4)C(=O)N(c4cccc(C)c4)C5=O)cc3)cc2)cc1C(C)=O. The third kappa shape index (κ3) is 6.08. The average molecular weight is 624 g/mol. The number of ketones is 2. The van der Waals surface area contributed by atoms with Crippen LogP contribution in [-0.4, -0.2) is 23.4 Å². The molecule has 1 aliphatic rings. The number of anilines is 1. The predicted octanol–water partition coefficient (Wildman–Crippen LogP) is 9.11. The number of carbonyl (C=O) groups excluding carboxylic acids is 4. The normalized spacial score (nSPS) is 12.6. The van der Waals surface area contributed by atoms with Crippen molar-refractivity contribution >= 4 is 29.1 Å². The Morgan fingerprint density at radius 1 is 0.574 bits per heavy atom. The Bertz CT molecular complexity index is 2060. The molecular weight excluding hydrogens is 590 g/mol. The summed E-state index contributed by atoms with van der Waals surface area (Å²) in [5.41, 5.74) is 4.66. The monoisotopic (exact) mass is 623 g/mol. The molecule has 7 nitrogen and oxygen atoms in total. The molecular formula is C40H33NO6. The second-order valence-corrected chi connectivity index (χ2v) is 12.2. The Balaban J connectivity index is 1.15. The van der Waals surface area contributed by atoms with Crippen LogP contribution < -0.4 is 14.4 Å². The number of fused-ring (bicyclic) bond motifs is 1. The van der Waals surface area contributed by atoms with Gasteiger partial charge in [0.2, 0.25) is 0 Å². The van der Waals surface area contributed by atoms with Gasteiger partial charge in [-0.15, -0.1) is 0 Å². The molecule has 0 atom stereocenters. The summed E-state index contributed by atoms with van der Waals surface area (Å²) < 4.78 is 12.1. The lowest BCUT2D eigenvalue weighted by atomic mass is 9.78. The van der Waals surface area contributed by atoms with Crippen LogP contribution in [0.1, 0.15) is 85.8 Å². The fraction of sp³-hybridized carbons (Fsp3) is 0.150. The first-order valence-electron chi connectivity index (χ1n) is 15.2. The molecule has 0 radical (unpaired) electrons. The minimum atomic E-state index is -0.374. The molecule has 0 fully saturated rings. The first kappa shape index (κ1) is 31.2. The van der Waals surface area contributed by atoms with Gasteiger partial charge in [-0.3, -0.25) is 19.2 Å². The van der Waals surface area contributed by atoms with E-state index in [1.165, 1.54) is 18.7 Å². The zero-order chi connectivity index (χ0) is 33.5. The van der Waals surface area contributed by atoms with E-state index >= 15 is 0 Å². The number of ether oxygens (including phenoxy) is 2. The van der Waals surface area contributed by atoms with Crippen LogP contribution >= 0.6 is 0 Å². The van der Waals surface area contributed by atoms with Crippen LogP contribution in [-0.2, 0) is 5.41 Å². The average Bonchev–Trinajstić information content (AvgIpc) is 3.29. The fourth-order valence-electron chi connectivity index (χ4n) is 5.79. The van der Waals surface area contributed by atoms with Crippen LogP contribution in [0, 0.1) is 6.92 Å². The molecule has 47 heavy (non-hydrogen) atoms. The van der Waals surface area contributed by atoms with Crippen molar-refractivity contribution in [2.75, 3.05) is 4.90 Å². The zero-order valence-corrected chi connectivity index (χ0v) is 26.8. The molecule has 2 amide bonds. The van der Waals surface area contributed by atoms with Gasteiger partial charge in [0.25, 0.3) is 11.8 Å². The highest BCUT2D eigenvalue weighted by Gasteiger charge is 2.37. The van der Waals surface area contributed by atoms with E-state index in [4.69, 9.17) is 9.47 Å². The van der Waals surface area contributed by atoms with Crippen LogP contribution in [0.3, 0.4) is 0 Å². The molecule has 7 heteroatoms. The number of rotatable bonds is 9. The van der Waals surface area contributed by atoms with Crippen LogP contribution in [0.15, 0.2) is 109 Å². The Labute approximate surface area is 273 Å². The van der Waals surface area contributed by atoms with Gasteiger partial charge in [-0.05, 0) is 110 Å². The van der Waals surface area contributed by atoms with E-state index in [0.717, 1.165) is 16.7 Å². The van der Waals surface area contributed by atoms with Crippen molar-refractivity contribution in [1.82, 2.24) is 0 Å². The third-order valence-corrected chi connectivity index (χ3v) is 8.49. The van der Waals surface area contributed by atoms with E-state index in [1.807, 2.05) is 73.7 Å². The van der Waals surface area contributed by atoms with Gasteiger partial charge in [0.05, 0.1) is 16.8 Å². The highest BCUT2D eigenvalue weighted by molar-refractivity contribution is 6.34. The molecule has 5 aromatic rings. The topological polar surface area (TPSA) is 90.0 Å². The van der Waals surface area contributed by atoms with Crippen molar-refractivity contribution in [3.8, 4) is 23.0 Å². The number of imide groups is 1. The lowest BCUT2D eigenvalue weighted by molar-refractivity contribution is 0.0924. The number of hydrogen-bond donors (Lipinski definition) is 0. The van der Waals surface area contributed by atoms with Gasteiger partial charge < -0.3 is 9.47 Å².